The molecule has 1 aromatic rings. The lowest BCUT2D eigenvalue weighted by Gasteiger charge is -2.31. The average Bonchev–Trinajstić information content (AvgIpc) is 2.45. The standard InChI is InChI=1S/C11H19N5O3/c1-18-11-14-9(12)13-10(15-11)16-4-2-8(3-5-16)19-7-6-17/h8,17H,2-7H2,1H3,(H2,12,13,14,15). The molecule has 8 nitrogen and oxygen atoms in total. The lowest BCUT2D eigenvalue weighted by molar-refractivity contribution is 0.0157. The van der Waals surface area contributed by atoms with Gasteiger partial charge in [-0.15, -0.1) is 0 Å². The van der Waals surface area contributed by atoms with Crippen molar-refractivity contribution in [1.29, 1.82) is 0 Å². The Morgan fingerprint density at radius 2 is 2.05 bits per heavy atom. The molecule has 3 N–H and O–H groups in total. The van der Waals surface area contributed by atoms with Gasteiger partial charge in [0, 0.05) is 13.1 Å². The summed E-state index contributed by atoms with van der Waals surface area (Å²) in [5.74, 6) is 0.686. The summed E-state index contributed by atoms with van der Waals surface area (Å²) in [5.41, 5.74) is 5.61. The molecule has 0 saturated carbocycles. The molecular formula is C11H19N5O3. The van der Waals surface area contributed by atoms with Crippen LogP contribution in [0.3, 0.4) is 0 Å². The van der Waals surface area contributed by atoms with Crippen LogP contribution in [0.4, 0.5) is 11.9 Å². The van der Waals surface area contributed by atoms with Gasteiger partial charge in [0.15, 0.2) is 0 Å². The zero-order chi connectivity index (χ0) is 13.7. The summed E-state index contributed by atoms with van der Waals surface area (Å²) in [6, 6.07) is 0.223. The second kappa shape index (κ2) is 6.48. The van der Waals surface area contributed by atoms with Crippen LogP contribution in [0.15, 0.2) is 0 Å². The second-order valence-electron chi connectivity index (χ2n) is 4.26. The van der Waals surface area contributed by atoms with E-state index in [0.717, 1.165) is 25.9 Å². The lowest BCUT2D eigenvalue weighted by Crippen LogP contribution is -2.38. The van der Waals surface area contributed by atoms with E-state index < -0.39 is 0 Å². The number of hydrogen-bond acceptors (Lipinski definition) is 8. The Morgan fingerprint density at radius 1 is 1.32 bits per heavy atom. The normalized spacial score (nSPS) is 16.6. The number of nitrogens with zero attached hydrogens (tertiary/aromatic N) is 4. The maximum atomic E-state index is 8.72. The van der Waals surface area contributed by atoms with E-state index in [1.165, 1.54) is 7.11 Å². The minimum absolute atomic E-state index is 0.0570. The van der Waals surface area contributed by atoms with Gasteiger partial charge >= 0.3 is 6.01 Å². The van der Waals surface area contributed by atoms with Crippen LogP contribution in [0.25, 0.3) is 0 Å². The molecule has 8 heteroatoms. The fourth-order valence-corrected chi connectivity index (χ4v) is 2.04. The van der Waals surface area contributed by atoms with Gasteiger partial charge in [-0.1, -0.05) is 0 Å². The molecule has 0 aliphatic carbocycles. The molecule has 0 unspecified atom stereocenters. The minimum Gasteiger partial charge on any atom is -0.467 e. The van der Waals surface area contributed by atoms with Crippen molar-refractivity contribution in [3.8, 4) is 6.01 Å². The number of piperidine rings is 1. The first-order valence-electron chi connectivity index (χ1n) is 6.26. The number of hydrogen-bond donors (Lipinski definition) is 2. The Labute approximate surface area is 111 Å². The molecule has 19 heavy (non-hydrogen) atoms. The molecule has 1 saturated heterocycles. The Morgan fingerprint density at radius 3 is 2.68 bits per heavy atom. The monoisotopic (exact) mass is 269 g/mol. The van der Waals surface area contributed by atoms with Gasteiger partial charge in [-0.2, -0.15) is 15.0 Å². The smallest absolute Gasteiger partial charge is 0.322 e. The van der Waals surface area contributed by atoms with Crippen LogP contribution in [-0.2, 0) is 4.74 Å². The number of aromatic nitrogens is 3. The van der Waals surface area contributed by atoms with Crippen molar-refractivity contribution in [2.24, 2.45) is 0 Å². The SMILES string of the molecule is COc1nc(N)nc(N2CCC(OCCO)CC2)n1. The maximum Gasteiger partial charge on any atom is 0.322 e. The average molecular weight is 269 g/mol. The van der Waals surface area contributed by atoms with Crippen molar-refractivity contribution >= 4 is 11.9 Å². The Kier molecular flexibility index (Phi) is 4.69. The number of ether oxygens (including phenoxy) is 2. The van der Waals surface area contributed by atoms with E-state index in [1.54, 1.807) is 0 Å². The highest BCUT2D eigenvalue weighted by molar-refractivity contribution is 5.36. The van der Waals surface area contributed by atoms with Crippen LogP contribution in [0.2, 0.25) is 0 Å². The molecule has 2 rings (SSSR count). The minimum atomic E-state index is 0.0570. The van der Waals surface area contributed by atoms with Gasteiger partial charge < -0.3 is 25.2 Å². The highest BCUT2D eigenvalue weighted by Crippen LogP contribution is 2.20. The van der Waals surface area contributed by atoms with Crippen molar-refractivity contribution in [2.45, 2.75) is 18.9 Å². The van der Waals surface area contributed by atoms with Gasteiger partial charge in [-0.3, -0.25) is 0 Å². The van der Waals surface area contributed by atoms with Crippen LogP contribution < -0.4 is 15.4 Å². The molecular weight excluding hydrogens is 250 g/mol. The number of anilines is 2. The van der Waals surface area contributed by atoms with Gasteiger partial charge in [0.05, 0.1) is 26.4 Å². The highest BCUT2D eigenvalue weighted by atomic mass is 16.5. The summed E-state index contributed by atoms with van der Waals surface area (Å²) in [6.45, 7) is 2.00. The molecule has 1 fully saturated rings. The Balaban J connectivity index is 1.95. The van der Waals surface area contributed by atoms with Gasteiger partial charge in [-0.05, 0) is 12.8 Å². The van der Waals surface area contributed by atoms with Gasteiger partial charge in [0.1, 0.15) is 0 Å². The van der Waals surface area contributed by atoms with Crippen LogP contribution >= 0.6 is 0 Å². The zero-order valence-electron chi connectivity index (χ0n) is 10.9. The third-order valence-corrected chi connectivity index (χ3v) is 2.97. The number of aliphatic hydroxyl groups is 1. The van der Waals surface area contributed by atoms with E-state index in [0.29, 0.717) is 12.6 Å². The summed E-state index contributed by atoms with van der Waals surface area (Å²) < 4.78 is 10.5. The van der Waals surface area contributed by atoms with E-state index in [2.05, 4.69) is 15.0 Å². The molecule has 106 valence electrons. The number of rotatable bonds is 5. The van der Waals surface area contributed by atoms with Crippen molar-refractivity contribution in [2.75, 3.05) is 44.0 Å². The first-order chi connectivity index (χ1) is 9.22. The number of aliphatic hydroxyl groups excluding tert-OH is 1. The largest absolute Gasteiger partial charge is 0.467 e. The maximum absolute atomic E-state index is 8.72. The summed E-state index contributed by atoms with van der Waals surface area (Å²) >= 11 is 0. The van der Waals surface area contributed by atoms with Gasteiger partial charge in [0.2, 0.25) is 11.9 Å². The third kappa shape index (κ3) is 3.65. The van der Waals surface area contributed by atoms with E-state index in [-0.39, 0.29) is 24.7 Å². The molecule has 0 aromatic carbocycles. The lowest BCUT2D eigenvalue weighted by atomic mass is 10.1. The van der Waals surface area contributed by atoms with Crippen LogP contribution in [0.1, 0.15) is 12.8 Å². The first kappa shape index (κ1) is 13.8. The van der Waals surface area contributed by atoms with E-state index >= 15 is 0 Å². The molecule has 0 radical (unpaired) electrons. The molecule has 2 heterocycles. The van der Waals surface area contributed by atoms with E-state index in [9.17, 15) is 0 Å². The van der Waals surface area contributed by atoms with Crippen molar-refractivity contribution in [3.05, 3.63) is 0 Å². The molecule has 0 bridgehead atoms. The van der Waals surface area contributed by atoms with E-state index in [4.69, 9.17) is 20.3 Å². The quantitative estimate of drug-likeness (QED) is 0.732. The predicted octanol–water partition coefficient (Wildman–Crippen LogP) is -0.560. The summed E-state index contributed by atoms with van der Waals surface area (Å²) in [5, 5.41) is 8.72. The number of nitrogen functional groups attached to an aromatic ring is 1. The van der Waals surface area contributed by atoms with Crippen molar-refractivity contribution in [3.63, 3.8) is 0 Å². The molecule has 1 aromatic heterocycles. The number of nitrogens with two attached hydrogens (primary N) is 1. The Hall–Kier alpha value is -1.67. The molecule has 0 spiro atoms. The van der Waals surface area contributed by atoms with Crippen LogP contribution in [0, 0.1) is 0 Å². The highest BCUT2D eigenvalue weighted by Gasteiger charge is 2.22. The van der Waals surface area contributed by atoms with Crippen molar-refractivity contribution < 1.29 is 14.6 Å². The second-order valence-corrected chi connectivity index (χ2v) is 4.26. The molecule has 1 aliphatic heterocycles. The summed E-state index contributed by atoms with van der Waals surface area (Å²) in [7, 11) is 1.49. The molecule has 0 amide bonds. The van der Waals surface area contributed by atoms with Gasteiger partial charge in [-0.25, -0.2) is 0 Å². The first-order valence-corrected chi connectivity index (χ1v) is 6.26. The predicted molar refractivity (Wildman–Crippen MR) is 69.1 cm³/mol. The number of methoxy groups -OCH3 is 1. The Bertz CT molecular complexity index is 409. The summed E-state index contributed by atoms with van der Waals surface area (Å²) in [6.07, 6.45) is 1.92. The molecule has 1 aliphatic rings. The summed E-state index contributed by atoms with van der Waals surface area (Å²) in [4.78, 5) is 14.2. The van der Waals surface area contributed by atoms with Crippen LogP contribution in [-0.4, -0.2) is 59.6 Å². The fourth-order valence-electron chi connectivity index (χ4n) is 2.04. The van der Waals surface area contributed by atoms with Crippen molar-refractivity contribution in [1.82, 2.24) is 15.0 Å². The van der Waals surface area contributed by atoms with Gasteiger partial charge in [0.25, 0.3) is 0 Å². The fraction of sp³-hybridized carbons (Fsp3) is 0.727. The third-order valence-electron chi connectivity index (χ3n) is 2.97. The van der Waals surface area contributed by atoms with E-state index in [1.807, 2.05) is 4.90 Å². The topological polar surface area (TPSA) is 107 Å². The zero-order valence-corrected chi connectivity index (χ0v) is 10.9. The van der Waals surface area contributed by atoms with Crippen LogP contribution in [0.5, 0.6) is 6.01 Å². The molecule has 0 atom stereocenters.